The minimum absolute atomic E-state index is 0.285. The Bertz CT molecular complexity index is 582. The smallest absolute Gasteiger partial charge is 0.124 e. The summed E-state index contributed by atoms with van der Waals surface area (Å²) in [6, 6.07) is 3.90. The first-order valence-electron chi connectivity index (χ1n) is 5.55. The molecule has 96 valence electrons. The summed E-state index contributed by atoms with van der Waals surface area (Å²) in [5.74, 6) is -0.148. The van der Waals surface area contributed by atoms with Crippen LogP contribution < -0.4 is 5.73 Å². The number of aryl methyl sites for hydroxylation is 1. The molecule has 1 unspecified atom stereocenters. The molecular weight excluding hydrogens is 253 g/mol. The summed E-state index contributed by atoms with van der Waals surface area (Å²) in [5.41, 5.74) is 6.89. The third kappa shape index (κ3) is 2.76. The molecule has 1 aromatic heterocycles. The van der Waals surface area contributed by atoms with Crippen LogP contribution >= 0.6 is 0 Å². The van der Waals surface area contributed by atoms with Crippen molar-refractivity contribution in [2.24, 2.45) is 0 Å². The summed E-state index contributed by atoms with van der Waals surface area (Å²) >= 11 is 0. The average Bonchev–Trinajstić information content (AvgIpc) is 2.80. The molecule has 0 aliphatic carbocycles. The van der Waals surface area contributed by atoms with Crippen molar-refractivity contribution >= 4 is 16.5 Å². The number of rotatable bonds is 4. The number of aromatic nitrogens is 2. The van der Waals surface area contributed by atoms with Crippen LogP contribution in [-0.2, 0) is 23.1 Å². The van der Waals surface area contributed by atoms with E-state index < -0.39 is 16.6 Å². The molecule has 2 aromatic rings. The molecule has 0 amide bonds. The van der Waals surface area contributed by atoms with Crippen LogP contribution in [0.4, 0.5) is 10.1 Å². The van der Waals surface area contributed by atoms with E-state index in [-0.39, 0.29) is 5.75 Å². The van der Waals surface area contributed by atoms with Crippen molar-refractivity contribution in [1.29, 1.82) is 0 Å². The standard InChI is InChI=1S/C12H14FN3OS/c1-2-16-7-9(6-15-16)8-18(17)12-5-10(13)3-4-11(12)14/h3-7H,2,8,14H2,1H3. The molecule has 1 heterocycles. The number of nitrogens with zero attached hydrogens (tertiary/aromatic N) is 2. The van der Waals surface area contributed by atoms with Gasteiger partial charge in [0.05, 0.1) is 27.6 Å². The average molecular weight is 267 g/mol. The van der Waals surface area contributed by atoms with Gasteiger partial charge < -0.3 is 5.73 Å². The molecule has 2 N–H and O–H groups in total. The van der Waals surface area contributed by atoms with E-state index in [1.807, 2.05) is 13.1 Å². The van der Waals surface area contributed by atoms with E-state index in [0.717, 1.165) is 12.1 Å². The van der Waals surface area contributed by atoms with Crippen LogP contribution in [0.2, 0.25) is 0 Å². The molecule has 2 rings (SSSR count). The predicted octanol–water partition coefficient (Wildman–Crippen LogP) is 1.93. The Morgan fingerprint density at radius 3 is 2.94 bits per heavy atom. The zero-order valence-corrected chi connectivity index (χ0v) is 10.8. The van der Waals surface area contributed by atoms with E-state index in [1.54, 1.807) is 10.9 Å². The maximum absolute atomic E-state index is 13.1. The number of nitrogen functional groups attached to an aromatic ring is 1. The van der Waals surface area contributed by atoms with Crippen molar-refractivity contribution in [1.82, 2.24) is 9.78 Å². The van der Waals surface area contributed by atoms with Crippen LogP contribution in [0.25, 0.3) is 0 Å². The molecule has 1 atom stereocenters. The second-order valence-corrected chi connectivity index (χ2v) is 5.30. The van der Waals surface area contributed by atoms with Crippen LogP contribution in [0.1, 0.15) is 12.5 Å². The molecule has 0 radical (unpaired) electrons. The highest BCUT2D eigenvalue weighted by Crippen LogP contribution is 2.20. The normalized spacial score (nSPS) is 12.6. The topological polar surface area (TPSA) is 60.9 Å². The molecule has 6 heteroatoms. The fraction of sp³-hybridized carbons (Fsp3) is 0.250. The van der Waals surface area contributed by atoms with Gasteiger partial charge in [-0.15, -0.1) is 0 Å². The minimum Gasteiger partial charge on any atom is -0.398 e. The predicted molar refractivity (Wildman–Crippen MR) is 68.8 cm³/mol. The van der Waals surface area contributed by atoms with Gasteiger partial charge in [-0.2, -0.15) is 5.10 Å². The summed E-state index contributed by atoms with van der Waals surface area (Å²) in [5, 5.41) is 4.10. The maximum atomic E-state index is 13.1. The lowest BCUT2D eigenvalue weighted by Crippen LogP contribution is -2.01. The summed E-state index contributed by atoms with van der Waals surface area (Å²) in [6.45, 7) is 2.73. The van der Waals surface area contributed by atoms with Gasteiger partial charge in [0.25, 0.3) is 0 Å². The molecule has 0 spiro atoms. The van der Waals surface area contributed by atoms with Crippen molar-refractivity contribution in [3.8, 4) is 0 Å². The van der Waals surface area contributed by atoms with E-state index in [4.69, 9.17) is 5.73 Å². The number of halogens is 1. The van der Waals surface area contributed by atoms with Gasteiger partial charge in [0.1, 0.15) is 5.82 Å². The lowest BCUT2D eigenvalue weighted by Gasteiger charge is -2.04. The van der Waals surface area contributed by atoms with Crippen molar-refractivity contribution in [3.63, 3.8) is 0 Å². The van der Waals surface area contributed by atoms with E-state index in [1.165, 1.54) is 18.2 Å². The number of hydrogen-bond donors (Lipinski definition) is 1. The lowest BCUT2D eigenvalue weighted by molar-refractivity contribution is 0.623. The molecule has 4 nitrogen and oxygen atoms in total. The van der Waals surface area contributed by atoms with E-state index in [0.29, 0.717) is 10.6 Å². The molecule has 0 saturated heterocycles. The third-order valence-electron chi connectivity index (χ3n) is 2.53. The van der Waals surface area contributed by atoms with Gasteiger partial charge in [-0.1, -0.05) is 0 Å². The van der Waals surface area contributed by atoms with E-state index >= 15 is 0 Å². The Hall–Kier alpha value is -1.69. The first-order valence-corrected chi connectivity index (χ1v) is 6.86. The number of hydrogen-bond acceptors (Lipinski definition) is 3. The third-order valence-corrected chi connectivity index (χ3v) is 3.97. The monoisotopic (exact) mass is 267 g/mol. The highest BCUT2D eigenvalue weighted by Gasteiger charge is 2.11. The van der Waals surface area contributed by atoms with Gasteiger partial charge in [-0.3, -0.25) is 8.89 Å². The SMILES string of the molecule is CCn1cc(CS(=O)c2cc(F)ccc2N)cn1. The molecule has 0 aliphatic heterocycles. The molecule has 0 fully saturated rings. The van der Waals surface area contributed by atoms with Gasteiger partial charge in [-0.05, 0) is 25.1 Å². The highest BCUT2D eigenvalue weighted by atomic mass is 32.2. The van der Waals surface area contributed by atoms with Crippen molar-refractivity contribution in [3.05, 3.63) is 42.0 Å². The van der Waals surface area contributed by atoms with Gasteiger partial charge in [0, 0.05) is 24.0 Å². The molecule has 0 aliphatic rings. The fourth-order valence-corrected chi connectivity index (χ4v) is 2.77. The van der Waals surface area contributed by atoms with Crippen LogP contribution in [-0.4, -0.2) is 14.0 Å². The zero-order chi connectivity index (χ0) is 13.1. The molecular formula is C12H14FN3OS. The van der Waals surface area contributed by atoms with Gasteiger partial charge in [0.2, 0.25) is 0 Å². The summed E-state index contributed by atoms with van der Waals surface area (Å²) in [6.07, 6.45) is 3.49. The first-order chi connectivity index (χ1) is 8.60. The van der Waals surface area contributed by atoms with Crippen LogP contribution in [0.15, 0.2) is 35.5 Å². The fourth-order valence-electron chi connectivity index (χ4n) is 1.59. The van der Waals surface area contributed by atoms with Crippen LogP contribution in [0.5, 0.6) is 0 Å². The number of benzene rings is 1. The Balaban J connectivity index is 2.19. The summed E-state index contributed by atoms with van der Waals surface area (Å²) in [4.78, 5) is 0.333. The number of nitrogens with two attached hydrogens (primary N) is 1. The summed E-state index contributed by atoms with van der Waals surface area (Å²) in [7, 11) is -1.36. The lowest BCUT2D eigenvalue weighted by atomic mass is 10.3. The van der Waals surface area contributed by atoms with E-state index in [9.17, 15) is 8.60 Å². The van der Waals surface area contributed by atoms with Crippen molar-refractivity contribution in [2.75, 3.05) is 5.73 Å². The van der Waals surface area contributed by atoms with Gasteiger partial charge in [0.15, 0.2) is 0 Å². The van der Waals surface area contributed by atoms with Crippen LogP contribution in [0.3, 0.4) is 0 Å². The minimum atomic E-state index is -1.36. The van der Waals surface area contributed by atoms with Gasteiger partial charge >= 0.3 is 0 Å². The Labute approximate surface area is 107 Å². The van der Waals surface area contributed by atoms with E-state index in [2.05, 4.69) is 5.10 Å². The maximum Gasteiger partial charge on any atom is 0.124 e. The Morgan fingerprint density at radius 2 is 2.28 bits per heavy atom. The second kappa shape index (κ2) is 5.30. The first kappa shape index (κ1) is 12.8. The Morgan fingerprint density at radius 1 is 1.50 bits per heavy atom. The second-order valence-electron chi connectivity index (χ2n) is 3.88. The summed E-state index contributed by atoms with van der Waals surface area (Å²) < 4.78 is 27.0. The van der Waals surface area contributed by atoms with Crippen LogP contribution in [0, 0.1) is 5.82 Å². The van der Waals surface area contributed by atoms with Crippen molar-refractivity contribution < 1.29 is 8.60 Å². The molecule has 0 saturated carbocycles. The highest BCUT2D eigenvalue weighted by molar-refractivity contribution is 7.84. The zero-order valence-electron chi connectivity index (χ0n) is 9.97. The quantitative estimate of drug-likeness (QED) is 0.861. The van der Waals surface area contributed by atoms with Crippen molar-refractivity contribution in [2.45, 2.75) is 24.1 Å². The number of anilines is 1. The molecule has 0 bridgehead atoms. The Kier molecular flexibility index (Phi) is 3.76. The molecule has 18 heavy (non-hydrogen) atoms. The largest absolute Gasteiger partial charge is 0.398 e. The molecule has 1 aromatic carbocycles. The van der Waals surface area contributed by atoms with Gasteiger partial charge in [-0.25, -0.2) is 4.39 Å².